The normalized spacial score (nSPS) is 12.6. The average Bonchev–Trinajstić information content (AvgIpc) is 2.34. The van der Waals surface area contributed by atoms with E-state index < -0.39 is 0 Å². The number of unbranched alkanes of at least 4 members (excludes halogenated alkanes) is 6. The van der Waals surface area contributed by atoms with Crippen LogP contribution in [0.5, 0.6) is 0 Å². The zero-order chi connectivity index (χ0) is 12.8. The molecule has 0 fully saturated rings. The molecule has 1 heteroatoms. The zero-order valence-corrected chi connectivity index (χ0v) is 12.1. The van der Waals surface area contributed by atoms with Crippen LogP contribution in [0.2, 0.25) is 0 Å². The van der Waals surface area contributed by atoms with Crippen molar-refractivity contribution in [1.82, 2.24) is 5.32 Å². The largest absolute Gasteiger partial charge is 0.314 e. The molecular formula is C16H33N. The maximum Gasteiger partial charge on any atom is 0.00669 e. The van der Waals surface area contributed by atoms with Gasteiger partial charge in [-0.05, 0) is 32.2 Å². The van der Waals surface area contributed by atoms with E-state index in [2.05, 4.69) is 25.7 Å². The van der Waals surface area contributed by atoms with Gasteiger partial charge in [-0.15, -0.1) is 6.58 Å². The molecule has 0 spiro atoms. The highest BCUT2D eigenvalue weighted by Crippen LogP contribution is 2.12. The van der Waals surface area contributed by atoms with Crippen molar-refractivity contribution in [1.29, 1.82) is 0 Å². The monoisotopic (exact) mass is 239 g/mol. The van der Waals surface area contributed by atoms with E-state index in [1.54, 1.807) is 0 Å². The van der Waals surface area contributed by atoms with Crippen molar-refractivity contribution in [2.45, 2.75) is 84.1 Å². The molecule has 0 heterocycles. The number of allylic oxidation sites excluding steroid dienone is 1. The van der Waals surface area contributed by atoms with Crippen molar-refractivity contribution in [3.05, 3.63) is 12.7 Å². The second-order valence-corrected chi connectivity index (χ2v) is 5.03. The summed E-state index contributed by atoms with van der Waals surface area (Å²) in [7, 11) is 0. The lowest BCUT2D eigenvalue weighted by Crippen LogP contribution is -2.28. The van der Waals surface area contributed by atoms with Crippen molar-refractivity contribution in [2.75, 3.05) is 6.54 Å². The summed E-state index contributed by atoms with van der Waals surface area (Å²) in [4.78, 5) is 0. The maximum atomic E-state index is 3.77. The van der Waals surface area contributed by atoms with Gasteiger partial charge in [-0.25, -0.2) is 0 Å². The van der Waals surface area contributed by atoms with Gasteiger partial charge in [-0.3, -0.25) is 0 Å². The second kappa shape index (κ2) is 13.8. The summed E-state index contributed by atoms with van der Waals surface area (Å²) in [6, 6.07) is 0.764. The van der Waals surface area contributed by atoms with Gasteiger partial charge in [0.1, 0.15) is 0 Å². The minimum atomic E-state index is 0.764. The minimum Gasteiger partial charge on any atom is -0.314 e. The first-order valence-corrected chi connectivity index (χ1v) is 7.69. The third-order valence-corrected chi connectivity index (χ3v) is 3.36. The number of hydrogen-bond acceptors (Lipinski definition) is 1. The molecule has 0 aliphatic carbocycles. The molecule has 0 rings (SSSR count). The third-order valence-electron chi connectivity index (χ3n) is 3.36. The van der Waals surface area contributed by atoms with Crippen LogP contribution in [0.25, 0.3) is 0 Å². The molecule has 1 unspecified atom stereocenters. The Bertz CT molecular complexity index is 154. The molecular weight excluding hydrogens is 206 g/mol. The molecule has 102 valence electrons. The van der Waals surface area contributed by atoms with Crippen molar-refractivity contribution < 1.29 is 0 Å². The van der Waals surface area contributed by atoms with Crippen LogP contribution in [0.4, 0.5) is 0 Å². The lowest BCUT2D eigenvalue weighted by molar-refractivity contribution is 0.424. The first kappa shape index (κ1) is 16.7. The Morgan fingerprint density at radius 1 is 0.941 bits per heavy atom. The van der Waals surface area contributed by atoms with Gasteiger partial charge in [0.15, 0.2) is 0 Å². The Labute approximate surface area is 109 Å². The molecule has 1 N–H and O–H groups in total. The van der Waals surface area contributed by atoms with E-state index in [1.807, 2.05) is 6.08 Å². The molecule has 0 aromatic carbocycles. The smallest absolute Gasteiger partial charge is 0.00669 e. The Balaban J connectivity index is 3.48. The van der Waals surface area contributed by atoms with Crippen LogP contribution in [0, 0.1) is 0 Å². The fourth-order valence-corrected chi connectivity index (χ4v) is 2.31. The highest BCUT2D eigenvalue weighted by atomic mass is 14.9. The minimum absolute atomic E-state index is 0.764. The molecule has 0 bridgehead atoms. The summed E-state index contributed by atoms with van der Waals surface area (Å²) in [5.41, 5.74) is 0. The van der Waals surface area contributed by atoms with Crippen molar-refractivity contribution in [3.63, 3.8) is 0 Å². The average molecular weight is 239 g/mol. The van der Waals surface area contributed by atoms with E-state index in [-0.39, 0.29) is 0 Å². The molecule has 0 aromatic heterocycles. The summed E-state index contributed by atoms with van der Waals surface area (Å²) in [6.45, 7) is 9.38. The Kier molecular flexibility index (Phi) is 13.5. The van der Waals surface area contributed by atoms with Gasteiger partial charge in [-0.2, -0.15) is 0 Å². The van der Waals surface area contributed by atoms with E-state index in [1.165, 1.54) is 64.2 Å². The Morgan fingerprint density at radius 2 is 1.59 bits per heavy atom. The number of nitrogens with one attached hydrogen (secondary N) is 1. The van der Waals surface area contributed by atoms with Gasteiger partial charge >= 0.3 is 0 Å². The molecule has 1 nitrogen and oxygen atoms in total. The Hall–Kier alpha value is -0.300. The first-order chi connectivity index (χ1) is 8.35. The van der Waals surface area contributed by atoms with Gasteiger partial charge in [0.25, 0.3) is 0 Å². The van der Waals surface area contributed by atoms with Crippen LogP contribution in [0.3, 0.4) is 0 Å². The fraction of sp³-hybridized carbons (Fsp3) is 0.875. The standard InChI is InChI=1S/C16H33N/c1-4-7-9-11-13-15-16(17-6-3)14-12-10-8-5-2/h4,16-17H,1,5-15H2,2-3H3. The van der Waals surface area contributed by atoms with E-state index in [9.17, 15) is 0 Å². The molecule has 0 aliphatic heterocycles. The quantitative estimate of drug-likeness (QED) is 0.349. The molecule has 0 aromatic rings. The number of rotatable bonds is 13. The highest BCUT2D eigenvalue weighted by molar-refractivity contribution is 4.68. The SMILES string of the molecule is C=CCCCCCC(CCCCCC)NCC. The lowest BCUT2D eigenvalue weighted by atomic mass is 10.0. The molecule has 17 heavy (non-hydrogen) atoms. The predicted molar refractivity (Wildman–Crippen MR) is 79.5 cm³/mol. The van der Waals surface area contributed by atoms with Gasteiger partial charge in [0, 0.05) is 6.04 Å². The fourth-order valence-electron chi connectivity index (χ4n) is 2.31. The molecule has 0 radical (unpaired) electrons. The van der Waals surface area contributed by atoms with Crippen molar-refractivity contribution >= 4 is 0 Å². The van der Waals surface area contributed by atoms with Crippen LogP contribution in [-0.4, -0.2) is 12.6 Å². The predicted octanol–water partition coefficient (Wildman–Crippen LogP) is 5.07. The van der Waals surface area contributed by atoms with Crippen molar-refractivity contribution in [2.24, 2.45) is 0 Å². The zero-order valence-electron chi connectivity index (χ0n) is 12.1. The first-order valence-electron chi connectivity index (χ1n) is 7.69. The van der Waals surface area contributed by atoms with E-state index >= 15 is 0 Å². The van der Waals surface area contributed by atoms with Gasteiger partial charge < -0.3 is 5.32 Å². The number of hydrogen-bond donors (Lipinski definition) is 1. The summed E-state index contributed by atoms with van der Waals surface area (Å²) in [5.74, 6) is 0. The van der Waals surface area contributed by atoms with Crippen LogP contribution in [0.1, 0.15) is 78.1 Å². The lowest BCUT2D eigenvalue weighted by Gasteiger charge is -2.17. The van der Waals surface area contributed by atoms with Crippen LogP contribution >= 0.6 is 0 Å². The van der Waals surface area contributed by atoms with Crippen LogP contribution in [0.15, 0.2) is 12.7 Å². The molecule has 0 saturated heterocycles. The topological polar surface area (TPSA) is 12.0 Å². The summed E-state index contributed by atoms with van der Waals surface area (Å²) < 4.78 is 0. The van der Waals surface area contributed by atoms with Crippen molar-refractivity contribution in [3.8, 4) is 0 Å². The molecule has 0 saturated carbocycles. The van der Waals surface area contributed by atoms with Crippen LogP contribution in [-0.2, 0) is 0 Å². The summed E-state index contributed by atoms with van der Waals surface area (Å²) >= 11 is 0. The van der Waals surface area contributed by atoms with E-state index in [0.717, 1.165) is 12.6 Å². The second-order valence-electron chi connectivity index (χ2n) is 5.03. The third kappa shape index (κ3) is 12.0. The van der Waals surface area contributed by atoms with Gasteiger partial charge in [0.05, 0.1) is 0 Å². The highest BCUT2D eigenvalue weighted by Gasteiger charge is 2.06. The molecule has 0 aliphatic rings. The summed E-state index contributed by atoms with van der Waals surface area (Å²) in [5, 5.41) is 3.63. The molecule has 1 atom stereocenters. The van der Waals surface area contributed by atoms with E-state index in [0.29, 0.717) is 0 Å². The van der Waals surface area contributed by atoms with E-state index in [4.69, 9.17) is 0 Å². The van der Waals surface area contributed by atoms with Gasteiger partial charge in [0.2, 0.25) is 0 Å². The maximum absolute atomic E-state index is 3.77. The van der Waals surface area contributed by atoms with Gasteiger partial charge in [-0.1, -0.05) is 58.4 Å². The molecule has 0 amide bonds. The van der Waals surface area contributed by atoms with Crippen LogP contribution < -0.4 is 5.32 Å². The Morgan fingerprint density at radius 3 is 2.12 bits per heavy atom. The summed E-state index contributed by atoms with van der Waals surface area (Å²) in [6.07, 6.45) is 15.6.